The molecule has 0 radical (unpaired) electrons. The summed E-state index contributed by atoms with van der Waals surface area (Å²) in [6, 6.07) is 16.2. The van der Waals surface area contributed by atoms with Gasteiger partial charge in [-0.3, -0.25) is 0 Å². The Balaban J connectivity index is 2.23. The third-order valence-electron chi connectivity index (χ3n) is 2.69. The summed E-state index contributed by atoms with van der Waals surface area (Å²) in [6.07, 6.45) is 0. The van der Waals surface area contributed by atoms with Crippen molar-refractivity contribution in [2.24, 2.45) is 0 Å². The van der Waals surface area contributed by atoms with E-state index in [0.29, 0.717) is 6.61 Å². The summed E-state index contributed by atoms with van der Waals surface area (Å²) in [5.41, 5.74) is 3.24. The molecule has 0 spiro atoms. The summed E-state index contributed by atoms with van der Waals surface area (Å²) in [5, 5.41) is 0. The van der Waals surface area contributed by atoms with Gasteiger partial charge >= 0.3 is 0 Å². The van der Waals surface area contributed by atoms with E-state index in [1.807, 2.05) is 43.3 Å². The van der Waals surface area contributed by atoms with Crippen molar-refractivity contribution in [3.05, 3.63) is 70.7 Å². The molecular formula is C16H15BrO. The van der Waals surface area contributed by atoms with Crippen LogP contribution in [0.15, 0.2) is 59.6 Å². The molecule has 0 unspecified atom stereocenters. The second-order valence-electron chi connectivity index (χ2n) is 3.95. The highest BCUT2D eigenvalue weighted by atomic mass is 79.9. The molecule has 18 heavy (non-hydrogen) atoms. The first-order chi connectivity index (χ1) is 8.70. The summed E-state index contributed by atoms with van der Waals surface area (Å²) in [7, 11) is 0. The summed E-state index contributed by atoms with van der Waals surface area (Å²) in [5.74, 6) is 0.892. The minimum Gasteiger partial charge on any atom is -0.494 e. The SMILES string of the molecule is C=C(c1ccc(OCC)cc1)c1cccc(Br)c1. The second-order valence-corrected chi connectivity index (χ2v) is 4.86. The van der Waals surface area contributed by atoms with Crippen molar-refractivity contribution in [1.82, 2.24) is 0 Å². The zero-order chi connectivity index (χ0) is 13.0. The van der Waals surface area contributed by atoms with E-state index in [9.17, 15) is 0 Å². The lowest BCUT2D eigenvalue weighted by Gasteiger charge is -2.08. The molecule has 0 amide bonds. The quantitative estimate of drug-likeness (QED) is 0.780. The van der Waals surface area contributed by atoms with Gasteiger partial charge in [-0.05, 0) is 47.9 Å². The maximum absolute atomic E-state index is 5.43. The molecule has 0 aliphatic heterocycles. The number of halogens is 1. The van der Waals surface area contributed by atoms with Crippen LogP contribution in [0.1, 0.15) is 18.1 Å². The highest BCUT2D eigenvalue weighted by Gasteiger charge is 2.03. The second kappa shape index (κ2) is 5.87. The van der Waals surface area contributed by atoms with Gasteiger partial charge in [0.15, 0.2) is 0 Å². The third kappa shape index (κ3) is 3.02. The van der Waals surface area contributed by atoms with E-state index in [4.69, 9.17) is 4.74 Å². The minimum atomic E-state index is 0.686. The molecule has 0 saturated heterocycles. The molecule has 2 aromatic carbocycles. The van der Waals surface area contributed by atoms with Crippen molar-refractivity contribution in [2.75, 3.05) is 6.61 Å². The van der Waals surface area contributed by atoms with Crippen LogP contribution in [-0.2, 0) is 0 Å². The molecule has 0 bridgehead atoms. The van der Waals surface area contributed by atoms with Crippen LogP contribution in [0.25, 0.3) is 5.57 Å². The Morgan fingerprint density at radius 1 is 1.11 bits per heavy atom. The molecule has 0 fully saturated rings. The third-order valence-corrected chi connectivity index (χ3v) is 3.18. The summed E-state index contributed by atoms with van der Waals surface area (Å²) in [6.45, 7) is 6.82. The molecule has 0 saturated carbocycles. The number of benzene rings is 2. The lowest BCUT2D eigenvalue weighted by molar-refractivity contribution is 0.340. The number of hydrogen-bond acceptors (Lipinski definition) is 1. The van der Waals surface area contributed by atoms with Gasteiger partial charge in [0.25, 0.3) is 0 Å². The molecule has 2 heteroatoms. The van der Waals surface area contributed by atoms with Gasteiger partial charge in [-0.15, -0.1) is 0 Å². The molecule has 0 atom stereocenters. The molecular weight excluding hydrogens is 288 g/mol. The molecule has 0 aliphatic carbocycles. The van der Waals surface area contributed by atoms with Gasteiger partial charge in [0.05, 0.1) is 6.61 Å². The number of hydrogen-bond donors (Lipinski definition) is 0. The van der Waals surface area contributed by atoms with E-state index in [-0.39, 0.29) is 0 Å². The van der Waals surface area contributed by atoms with Crippen LogP contribution in [0.5, 0.6) is 5.75 Å². The summed E-state index contributed by atoms with van der Waals surface area (Å²) >= 11 is 3.47. The molecule has 1 nitrogen and oxygen atoms in total. The summed E-state index contributed by atoms with van der Waals surface area (Å²) in [4.78, 5) is 0. The molecule has 0 N–H and O–H groups in total. The number of rotatable bonds is 4. The van der Waals surface area contributed by atoms with Crippen LogP contribution in [0.3, 0.4) is 0 Å². The molecule has 92 valence electrons. The maximum atomic E-state index is 5.43. The lowest BCUT2D eigenvalue weighted by Crippen LogP contribution is -1.92. The smallest absolute Gasteiger partial charge is 0.119 e. The monoisotopic (exact) mass is 302 g/mol. The fourth-order valence-corrected chi connectivity index (χ4v) is 2.16. The van der Waals surface area contributed by atoms with E-state index in [2.05, 4.69) is 34.6 Å². The predicted molar refractivity (Wildman–Crippen MR) is 79.9 cm³/mol. The predicted octanol–water partition coefficient (Wildman–Crippen LogP) is 4.91. The average Bonchev–Trinajstić information content (AvgIpc) is 2.39. The van der Waals surface area contributed by atoms with Gasteiger partial charge in [-0.2, -0.15) is 0 Å². The maximum Gasteiger partial charge on any atom is 0.119 e. The fourth-order valence-electron chi connectivity index (χ4n) is 1.76. The van der Waals surface area contributed by atoms with Gasteiger partial charge < -0.3 is 4.74 Å². The summed E-state index contributed by atoms with van der Waals surface area (Å²) < 4.78 is 6.49. The van der Waals surface area contributed by atoms with Crippen LogP contribution in [0.2, 0.25) is 0 Å². The van der Waals surface area contributed by atoms with Crippen molar-refractivity contribution in [1.29, 1.82) is 0 Å². The first-order valence-electron chi connectivity index (χ1n) is 5.89. The van der Waals surface area contributed by atoms with Crippen molar-refractivity contribution in [3.8, 4) is 5.75 Å². The normalized spacial score (nSPS) is 10.1. The van der Waals surface area contributed by atoms with Gasteiger partial charge in [0.2, 0.25) is 0 Å². The highest BCUT2D eigenvalue weighted by Crippen LogP contribution is 2.25. The Labute approximate surface area is 116 Å². The van der Waals surface area contributed by atoms with Crippen LogP contribution < -0.4 is 4.74 Å². The van der Waals surface area contributed by atoms with Crippen molar-refractivity contribution in [2.45, 2.75) is 6.92 Å². The zero-order valence-corrected chi connectivity index (χ0v) is 11.9. The Morgan fingerprint density at radius 2 is 1.83 bits per heavy atom. The van der Waals surface area contributed by atoms with E-state index >= 15 is 0 Å². The van der Waals surface area contributed by atoms with E-state index in [1.54, 1.807) is 0 Å². The topological polar surface area (TPSA) is 9.23 Å². The number of ether oxygens (including phenoxy) is 1. The van der Waals surface area contributed by atoms with Crippen LogP contribution in [-0.4, -0.2) is 6.61 Å². The van der Waals surface area contributed by atoms with Crippen molar-refractivity contribution in [3.63, 3.8) is 0 Å². The molecule has 2 aromatic rings. The Bertz CT molecular complexity index is 543. The van der Waals surface area contributed by atoms with Gasteiger partial charge in [-0.1, -0.05) is 46.8 Å². The lowest BCUT2D eigenvalue weighted by atomic mass is 10.00. The first-order valence-corrected chi connectivity index (χ1v) is 6.68. The zero-order valence-electron chi connectivity index (χ0n) is 10.3. The molecule has 0 aromatic heterocycles. The first kappa shape index (κ1) is 12.9. The Kier molecular flexibility index (Phi) is 4.21. The molecule has 0 aliphatic rings. The van der Waals surface area contributed by atoms with Crippen molar-refractivity contribution < 1.29 is 4.74 Å². The standard InChI is InChI=1S/C16H15BrO/c1-3-18-16-9-7-13(8-10-16)12(2)14-5-4-6-15(17)11-14/h4-11H,2-3H2,1H3. The van der Waals surface area contributed by atoms with Gasteiger partial charge in [0.1, 0.15) is 5.75 Å². The van der Waals surface area contributed by atoms with Gasteiger partial charge in [-0.25, -0.2) is 0 Å². The average molecular weight is 303 g/mol. The van der Waals surface area contributed by atoms with Gasteiger partial charge in [0, 0.05) is 4.47 Å². The van der Waals surface area contributed by atoms with Crippen LogP contribution in [0.4, 0.5) is 0 Å². The van der Waals surface area contributed by atoms with Crippen LogP contribution in [0, 0.1) is 0 Å². The van der Waals surface area contributed by atoms with Crippen LogP contribution >= 0.6 is 15.9 Å². The Hall–Kier alpha value is -1.54. The molecule has 2 rings (SSSR count). The Morgan fingerprint density at radius 3 is 2.44 bits per heavy atom. The highest BCUT2D eigenvalue weighted by molar-refractivity contribution is 9.10. The van der Waals surface area contributed by atoms with E-state index < -0.39 is 0 Å². The molecule has 0 heterocycles. The minimum absolute atomic E-state index is 0.686. The van der Waals surface area contributed by atoms with E-state index in [1.165, 1.54) is 0 Å². The fraction of sp³-hybridized carbons (Fsp3) is 0.125. The van der Waals surface area contributed by atoms with E-state index in [0.717, 1.165) is 26.9 Å². The van der Waals surface area contributed by atoms with Crippen molar-refractivity contribution >= 4 is 21.5 Å². The largest absolute Gasteiger partial charge is 0.494 e.